The summed E-state index contributed by atoms with van der Waals surface area (Å²) in [5.41, 5.74) is 2.89. The van der Waals surface area contributed by atoms with Crippen LogP contribution in [0.5, 0.6) is 23.0 Å². The third kappa shape index (κ3) is 12.9. The third-order valence-corrected chi connectivity index (χ3v) is 10.1. The molecule has 54 heavy (non-hydrogen) atoms. The van der Waals surface area contributed by atoms with Gasteiger partial charge >= 0.3 is 0 Å². The van der Waals surface area contributed by atoms with Crippen molar-refractivity contribution in [3.63, 3.8) is 0 Å². The number of benzene rings is 4. The van der Waals surface area contributed by atoms with Crippen LogP contribution in [0.15, 0.2) is 48.5 Å². The van der Waals surface area contributed by atoms with E-state index in [2.05, 4.69) is 49.7 Å². The molecule has 0 amide bonds. The molecule has 0 aliphatic heterocycles. The highest BCUT2D eigenvalue weighted by Crippen LogP contribution is 2.51. The van der Waals surface area contributed by atoms with E-state index in [1.165, 1.54) is 89.9 Å². The van der Waals surface area contributed by atoms with Crippen molar-refractivity contribution in [2.75, 3.05) is 13.2 Å². The zero-order valence-electron chi connectivity index (χ0n) is 33.9. The fraction of sp³-hybridized carbons (Fsp3) is 0.520. The molecule has 0 saturated heterocycles. The molecule has 0 radical (unpaired) electrons. The molecular formula is C50H66O4. The molecule has 290 valence electrons. The van der Waals surface area contributed by atoms with Crippen LogP contribution in [0.2, 0.25) is 0 Å². The minimum Gasteiger partial charge on any atom is -0.504 e. The van der Waals surface area contributed by atoms with Gasteiger partial charge in [0.05, 0.1) is 13.2 Å². The first-order valence-corrected chi connectivity index (χ1v) is 21.3. The van der Waals surface area contributed by atoms with Crippen molar-refractivity contribution < 1.29 is 19.7 Å². The Bertz CT molecular complexity index is 1730. The van der Waals surface area contributed by atoms with Gasteiger partial charge in [-0.2, -0.15) is 0 Å². The summed E-state index contributed by atoms with van der Waals surface area (Å²) in [6.07, 6.45) is 23.9. The van der Waals surface area contributed by atoms with Gasteiger partial charge in [-0.05, 0) is 83.6 Å². The van der Waals surface area contributed by atoms with Gasteiger partial charge in [0, 0.05) is 35.1 Å². The Labute approximate surface area is 327 Å². The molecule has 4 nitrogen and oxygen atoms in total. The molecule has 0 saturated carbocycles. The fourth-order valence-electron chi connectivity index (χ4n) is 7.07. The van der Waals surface area contributed by atoms with Gasteiger partial charge < -0.3 is 19.7 Å². The molecule has 4 aromatic rings. The van der Waals surface area contributed by atoms with Crippen LogP contribution < -0.4 is 9.47 Å². The molecule has 4 heteroatoms. The van der Waals surface area contributed by atoms with Gasteiger partial charge in [-0.1, -0.05) is 153 Å². The number of hydrogen-bond acceptors (Lipinski definition) is 4. The SMILES string of the molecule is CCCCCCCCCCC#Cc1ccc2c(-c3c(O)c(OCCC)cc4cc(C#CCCCCCCCCCC)ccc34)c(O)c(OCCC)cc2c1. The van der Waals surface area contributed by atoms with Gasteiger partial charge in [-0.15, -0.1) is 0 Å². The quantitative estimate of drug-likeness (QED) is 0.0589. The molecular weight excluding hydrogens is 665 g/mol. The summed E-state index contributed by atoms with van der Waals surface area (Å²) in [4.78, 5) is 0. The first-order chi connectivity index (χ1) is 26.5. The highest BCUT2D eigenvalue weighted by atomic mass is 16.5. The molecule has 0 atom stereocenters. The number of phenols is 2. The van der Waals surface area contributed by atoms with Crippen molar-refractivity contribution >= 4 is 21.5 Å². The second kappa shape index (κ2) is 24.2. The van der Waals surface area contributed by atoms with Crippen LogP contribution >= 0.6 is 0 Å². The molecule has 0 fully saturated rings. The molecule has 2 N–H and O–H groups in total. The van der Waals surface area contributed by atoms with Crippen LogP contribution in [-0.4, -0.2) is 23.4 Å². The summed E-state index contributed by atoms with van der Waals surface area (Å²) in [6, 6.07) is 15.9. The van der Waals surface area contributed by atoms with Crippen molar-refractivity contribution in [1.29, 1.82) is 0 Å². The van der Waals surface area contributed by atoms with Gasteiger partial charge in [0.25, 0.3) is 0 Å². The largest absolute Gasteiger partial charge is 0.504 e. The molecule has 0 spiro atoms. The topological polar surface area (TPSA) is 58.9 Å². The molecule has 4 aromatic carbocycles. The van der Waals surface area contributed by atoms with E-state index in [0.717, 1.165) is 71.2 Å². The van der Waals surface area contributed by atoms with Gasteiger partial charge in [-0.3, -0.25) is 0 Å². The van der Waals surface area contributed by atoms with Gasteiger partial charge in [0.1, 0.15) is 0 Å². The lowest BCUT2D eigenvalue weighted by atomic mass is 9.90. The van der Waals surface area contributed by atoms with Crippen molar-refractivity contribution in [3.8, 4) is 57.8 Å². The first kappa shape index (κ1) is 42.5. The molecule has 4 rings (SSSR count). The van der Waals surface area contributed by atoms with Crippen LogP contribution in [0, 0.1) is 23.7 Å². The Morgan fingerprint density at radius 1 is 0.444 bits per heavy atom. The number of aromatic hydroxyl groups is 2. The molecule has 0 aromatic heterocycles. The van der Waals surface area contributed by atoms with Crippen molar-refractivity contribution in [3.05, 3.63) is 59.7 Å². The Hall–Kier alpha value is -4.28. The predicted octanol–water partition coefficient (Wildman–Crippen LogP) is 14.4. The Morgan fingerprint density at radius 3 is 1.19 bits per heavy atom. The average Bonchev–Trinajstić information content (AvgIpc) is 3.18. The number of hydrogen-bond donors (Lipinski definition) is 2. The maximum Gasteiger partial charge on any atom is 0.166 e. The zero-order valence-corrected chi connectivity index (χ0v) is 33.9. The van der Waals surface area contributed by atoms with Crippen molar-refractivity contribution in [2.24, 2.45) is 0 Å². The molecule has 0 heterocycles. The smallest absolute Gasteiger partial charge is 0.166 e. The summed E-state index contributed by atoms with van der Waals surface area (Å²) in [5.74, 6) is 14.3. The van der Waals surface area contributed by atoms with Crippen LogP contribution in [0.25, 0.3) is 32.7 Å². The van der Waals surface area contributed by atoms with Crippen molar-refractivity contribution in [2.45, 2.75) is 156 Å². The number of ether oxygens (including phenoxy) is 2. The number of fused-ring (bicyclic) bond motifs is 2. The minimum absolute atomic E-state index is 0.00273. The van der Waals surface area contributed by atoms with Gasteiger partial charge in [0.2, 0.25) is 0 Å². The lowest BCUT2D eigenvalue weighted by Crippen LogP contribution is -1.99. The zero-order chi connectivity index (χ0) is 38.4. The van der Waals surface area contributed by atoms with E-state index in [1.807, 2.05) is 50.2 Å². The summed E-state index contributed by atoms with van der Waals surface area (Å²) < 4.78 is 12.2. The minimum atomic E-state index is 0.00273. The first-order valence-electron chi connectivity index (χ1n) is 21.3. The van der Waals surface area contributed by atoms with Crippen LogP contribution in [0.3, 0.4) is 0 Å². The Kier molecular flexibility index (Phi) is 19.0. The van der Waals surface area contributed by atoms with E-state index in [4.69, 9.17) is 9.47 Å². The van der Waals surface area contributed by atoms with E-state index < -0.39 is 0 Å². The van der Waals surface area contributed by atoms with Crippen molar-refractivity contribution in [1.82, 2.24) is 0 Å². The number of phenolic OH excluding ortho intramolecular Hbond substituents is 2. The summed E-state index contributed by atoms with van der Waals surface area (Å²) in [6.45, 7) is 9.53. The normalized spacial score (nSPS) is 11.0. The third-order valence-electron chi connectivity index (χ3n) is 10.1. The van der Waals surface area contributed by atoms with Crippen LogP contribution in [0.4, 0.5) is 0 Å². The van der Waals surface area contributed by atoms with Gasteiger partial charge in [-0.25, -0.2) is 0 Å². The second-order valence-corrected chi connectivity index (χ2v) is 14.8. The maximum atomic E-state index is 11.9. The number of unbranched alkanes of at least 4 members (excludes halogenated alkanes) is 16. The molecule has 0 bridgehead atoms. The summed E-state index contributed by atoms with van der Waals surface area (Å²) >= 11 is 0. The second-order valence-electron chi connectivity index (χ2n) is 14.8. The Balaban J connectivity index is 1.64. The van der Waals surface area contributed by atoms with Gasteiger partial charge in [0.15, 0.2) is 23.0 Å². The van der Waals surface area contributed by atoms with Crippen LogP contribution in [-0.2, 0) is 0 Å². The molecule has 0 aliphatic rings. The number of rotatable bonds is 23. The molecule has 0 aliphatic carbocycles. The lowest BCUT2D eigenvalue weighted by molar-refractivity contribution is 0.299. The highest BCUT2D eigenvalue weighted by molar-refractivity contribution is 6.11. The highest BCUT2D eigenvalue weighted by Gasteiger charge is 2.24. The van der Waals surface area contributed by atoms with E-state index in [1.54, 1.807) is 0 Å². The van der Waals surface area contributed by atoms with E-state index in [0.29, 0.717) is 35.8 Å². The molecule has 0 unspecified atom stereocenters. The monoisotopic (exact) mass is 730 g/mol. The summed E-state index contributed by atoms with van der Waals surface area (Å²) in [7, 11) is 0. The predicted molar refractivity (Wildman–Crippen MR) is 230 cm³/mol. The van der Waals surface area contributed by atoms with Crippen LogP contribution in [0.1, 0.15) is 167 Å². The standard InChI is InChI=1S/C50H66O4/c1-5-9-11-13-15-17-19-21-23-25-27-39-29-31-43-41(35-39)37-45(53-33-7-3)49(51)47(43)48-44-32-30-40(28-26-24-22-20-18-16-14-12-10-6-2)36-42(44)38-46(50(48)52)54-34-8-4/h29-32,35-38,51-52H,5-24,33-34H2,1-4H3. The lowest BCUT2D eigenvalue weighted by Gasteiger charge is -2.19. The Morgan fingerprint density at radius 2 is 0.815 bits per heavy atom. The average molecular weight is 731 g/mol. The maximum absolute atomic E-state index is 11.9. The van der Waals surface area contributed by atoms with E-state index in [-0.39, 0.29) is 11.5 Å². The van der Waals surface area contributed by atoms with E-state index in [9.17, 15) is 10.2 Å². The van der Waals surface area contributed by atoms with E-state index >= 15 is 0 Å². The summed E-state index contributed by atoms with van der Waals surface area (Å²) in [5, 5.41) is 27.2. The fourth-order valence-corrected chi connectivity index (χ4v) is 7.07.